The molecule has 15 heavy (non-hydrogen) atoms. The van der Waals surface area contributed by atoms with Gasteiger partial charge in [-0.25, -0.2) is 4.79 Å². The third-order valence-corrected chi connectivity index (χ3v) is 2.04. The highest BCUT2D eigenvalue weighted by atomic mass is 32.2. The third-order valence-electron chi connectivity index (χ3n) is 1.12. The number of hydrogen-bond acceptors (Lipinski definition) is 4. The first kappa shape index (κ1) is 13.5. The van der Waals surface area contributed by atoms with Gasteiger partial charge >= 0.3 is 12.0 Å². The number of imide groups is 1. The highest BCUT2D eigenvalue weighted by Crippen LogP contribution is 1.97. The summed E-state index contributed by atoms with van der Waals surface area (Å²) in [6, 6.07) is -0.615. The molecule has 0 saturated heterocycles. The molecule has 6 nitrogen and oxygen atoms in total. The van der Waals surface area contributed by atoms with Gasteiger partial charge in [0.05, 0.1) is 11.5 Å². The molecule has 0 bridgehead atoms. The van der Waals surface area contributed by atoms with Crippen LogP contribution in [0.3, 0.4) is 0 Å². The Hall–Kier alpha value is -1.50. The number of hydrogen-bond donors (Lipinski definition) is 3. The minimum atomic E-state index is -0.996. The zero-order valence-electron chi connectivity index (χ0n) is 7.99. The van der Waals surface area contributed by atoms with Crippen LogP contribution in [0.25, 0.3) is 0 Å². The lowest BCUT2D eigenvalue weighted by molar-refractivity contribution is -0.133. The lowest BCUT2D eigenvalue weighted by Gasteiger charge is -2.03. The molecule has 0 aromatic heterocycles. The summed E-state index contributed by atoms with van der Waals surface area (Å²) in [5.41, 5.74) is 0. The molecule has 0 aliphatic carbocycles. The number of urea groups is 1. The number of thioether (sulfide) groups is 1. The summed E-state index contributed by atoms with van der Waals surface area (Å²) in [7, 11) is 0. The second kappa shape index (κ2) is 7.86. The molecule has 3 N–H and O–H groups in total. The largest absolute Gasteiger partial charge is 0.481 e. The van der Waals surface area contributed by atoms with Crippen molar-refractivity contribution in [2.24, 2.45) is 0 Å². The van der Waals surface area contributed by atoms with E-state index in [1.165, 1.54) is 6.08 Å². The Kier molecular flexibility index (Phi) is 7.08. The molecule has 7 heteroatoms. The van der Waals surface area contributed by atoms with E-state index in [2.05, 4.69) is 11.9 Å². The van der Waals surface area contributed by atoms with E-state index in [9.17, 15) is 14.4 Å². The number of aliphatic carboxylic acids is 1. The van der Waals surface area contributed by atoms with Crippen molar-refractivity contribution in [3.05, 3.63) is 12.7 Å². The average Bonchev–Trinajstić information content (AvgIpc) is 2.14. The highest BCUT2D eigenvalue weighted by molar-refractivity contribution is 8.00. The number of nitrogens with one attached hydrogen (secondary N) is 2. The Bertz CT molecular complexity index is 267. The molecule has 84 valence electrons. The first-order chi connectivity index (χ1) is 7.06. The van der Waals surface area contributed by atoms with Crippen LogP contribution in [0.15, 0.2) is 12.7 Å². The van der Waals surface area contributed by atoms with Crippen LogP contribution in [-0.4, -0.2) is 41.1 Å². The summed E-state index contributed by atoms with van der Waals surface area (Å²) < 4.78 is 0. The predicted molar refractivity (Wildman–Crippen MR) is 56.7 cm³/mol. The van der Waals surface area contributed by atoms with E-state index in [0.29, 0.717) is 0 Å². The van der Waals surface area contributed by atoms with Gasteiger partial charge in [-0.05, 0) is 0 Å². The Labute approximate surface area is 91.1 Å². The van der Waals surface area contributed by atoms with Crippen molar-refractivity contribution in [3.63, 3.8) is 0 Å². The molecule has 0 atom stereocenters. The van der Waals surface area contributed by atoms with Crippen LogP contribution >= 0.6 is 11.8 Å². The number of carbonyl (C=O) groups is 3. The molecule has 0 unspecified atom stereocenters. The van der Waals surface area contributed by atoms with Gasteiger partial charge in [0.1, 0.15) is 0 Å². The van der Waals surface area contributed by atoms with Crippen LogP contribution in [0, 0.1) is 0 Å². The fourth-order valence-electron chi connectivity index (χ4n) is 0.603. The molecule has 0 spiro atoms. The van der Waals surface area contributed by atoms with E-state index in [1.807, 2.05) is 5.32 Å². The molecule has 0 radical (unpaired) electrons. The van der Waals surface area contributed by atoms with Crippen LogP contribution in [0.1, 0.15) is 0 Å². The van der Waals surface area contributed by atoms with Crippen molar-refractivity contribution in [2.45, 2.75) is 0 Å². The van der Waals surface area contributed by atoms with Gasteiger partial charge in [-0.15, -0.1) is 18.3 Å². The Balaban J connectivity index is 3.59. The molecule has 0 rings (SSSR count). The van der Waals surface area contributed by atoms with Gasteiger partial charge in [-0.2, -0.15) is 0 Å². The zero-order valence-corrected chi connectivity index (χ0v) is 8.80. The number of amides is 3. The molecular weight excluding hydrogens is 220 g/mol. The topological polar surface area (TPSA) is 95.5 Å². The van der Waals surface area contributed by atoms with Crippen LogP contribution in [0.4, 0.5) is 4.79 Å². The van der Waals surface area contributed by atoms with Gasteiger partial charge in [0.2, 0.25) is 5.91 Å². The fraction of sp³-hybridized carbons (Fsp3) is 0.375. The van der Waals surface area contributed by atoms with Crippen LogP contribution < -0.4 is 10.6 Å². The van der Waals surface area contributed by atoms with Crippen molar-refractivity contribution in [1.82, 2.24) is 10.6 Å². The van der Waals surface area contributed by atoms with Crippen molar-refractivity contribution in [3.8, 4) is 0 Å². The van der Waals surface area contributed by atoms with E-state index in [0.717, 1.165) is 11.8 Å². The lowest BCUT2D eigenvalue weighted by atomic mass is 10.6. The van der Waals surface area contributed by atoms with E-state index in [-0.39, 0.29) is 18.1 Å². The van der Waals surface area contributed by atoms with E-state index >= 15 is 0 Å². The number of carboxylic acid groups (broad SMARTS) is 1. The van der Waals surface area contributed by atoms with Crippen molar-refractivity contribution in [2.75, 3.05) is 18.1 Å². The zero-order chi connectivity index (χ0) is 11.7. The Morgan fingerprint density at radius 2 is 2.00 bits per heavy atom. The van der Waals surface area contributed by atoms with Gasteiger partial charge in [-0.1, -0.05) is 6.08 Å². The van der Waals surface area contributed by atoms with Crippen molar-refractivity contribution < 1.29 is 19.5 Å². The van der Waals surface area contributed by atoms with Crippen LogP contribution in [0.5, 0.6) is 0 Å². The predicted octanol–water partition coefficient (Wildman–Crippen LogP) is -0.184. The first-order valence-electron chi connectivity index (χ1n) is 4.04. The summed E-state index contributed by atoms with van der Waals surface area (Å²) in [4.78, 5) is 32.0. The average molecular weight is 232 g/mol. The smallest absolute Gasteiger partial charge is 0.321 e. The van der Waals surface area contributed by atoms with Crippen molar-refractivity contribution >= 4 is 29.7 Å². The van der Waals surface area contributed by atoms with E-state index in [4.69, 9.17) is 5.11 Å². The Morgan fingerprint density at radius 1 is 1.33 bits per heavy atom. The SMILES string of the molecule is C=CCNC(=O)NC(=O)CSCC(=O)O. The van der Waals surface area contributed by atoms with Gasteiger partial charge in [0, 0.05) is 6.54 Å². The van der Waals surface area contributed by atoms with E-state index < -0.39 is 17.9 Å². The molecule has 3 amide bonds. The molecule has 0 fully saturated rings. The summed E-state index contributed by atoms with van der Waals surface area (Å²) >= 11 is 0.924. The molecule has 0 aliphatic heterocycles. The summed E-state index contributed by atoms with van der Waals surface area (Å²) in [5, 5.41) is 12.7. The molecule has 0 aromatic carbocycles. The molecular formula is C8H12N2O4S. The second-order valence-electron chi connectivity index (χ2n) is 2.43. The second-order valence-corrected chi connectivity index (χ2v) is 3.42. The number of carboxylic acids is 1. The summed E-state index contributed by atoms with van der Waals surface area (Å²) in [6.45, 7) is 3.65. The number of rotatable bonds is 6. The molecule has 0 aromatic rings. The van der Waals surface area contributed by atoms with Crippen molar-refractivity contribution in [1.29, 1.82) is 0 Å². The van der Waals surface area contributed by atoms with Crippen LogP contribution in [0.2, 0.25) is 0 Å². The van der Waals surface area contributed by atoms with Gasteiger partial charge in [0.15, 0.2) is 0 Å². The number of carbonyl (C=O) groups excluding carboxylic acids is 2. The lowest BCUT2D eigenvalue weighted by Crippen LogP contribution is -2.40. The Morgan fingerprint density at radius 3 is 2.53 bits per heavy atom. The van der Waals surface area contributed by atoms with Gasteiger partial charge in [-0.3, -0.25) is 14.9 Å². The molecule has 0 heterocycles. The van der Waals surface area contributed by atoms with E-state index in [1.54, 1.807) is 0 Å². The standard InChI is InChI=1S/C8H12N2O4S/c1-2-3-9-8(14)10-6(11)4-15-5-7(12)13/h2H,1,3-5H2,(H,12,13)(H2,9,10,11,14). The van der Waals surface area contributed by atoms with Gasteiger partial charge < -0.3 is 10.4 Å². The minimum absolute atomic E-state index is 0.0617. The maximum absolute atomic E-state index is 11.0. The third kappa shape index (κ3) is 8.82. The summed E-state index contributed by atoms with van der Waals surface area (Å²) in [6.07, 6.45) is 1.48. The molecule has 0 saturated carbocycles. The maximum atomic E-state index is 11.0. The fourth-order valence-corrected chi connectivity index (χ4v) is 1.14. The monoisotopic (exact) mass is 232 g/mol. The highest BCUT2D eigenvalue weighted by Gasteiger charge is 2.07. The van der Waals surface area contributed by atoms with Crippen LogP contribution in [-0.2, 0) is 9.59 Å². The maximum Gasteiger partial charge on any atom is 0.321 e. The minimum Gasteiger partial charge on any atom is -0.481 e. The van der Waals surface area contributed by atoms with Gasteiger partial charge in [0.25, 0.3) is 0 Å². The quantitative estimate of drug-likeness (QED) is 0.552. The normalized spacial score (nSPS) is 9.07. The first-order valence-corrected chi connectivity index (χ1v) is 5.20. The summed E-state index contributed by atoms with van der Waals surface area (Å²) in [5.74, 6) is -1.75. The molecule has 0 aliphatic rings.